The number of benzene rings is 1. The highest BCUT2D eigenvalue weighted by atomic mass is 35.5. The summed E-state index contributed by atoms with van der Waals surface area (Å²) >= 11 is 13.6. The van der Waals surface area contributed by atoms with Crippen molar-refractivity contribution in [2.24, 2.45) is 5.92 Å². The minimum absolute atomic E-state index is 0.0270. The zero-order valence-electron chi connectivity index (χ0n) is 24.6. The van der Waals surface area contributed by atoms with Gasteiger partial charge in [0.2, 0.25) is 10.0 Å². The molecule has 1 atom stereocenters. The normalized spacial score (nSPS) is 14.2. The van der Waals surface area contributed by atoms with Crippen molar-refractivity contribution in [3.63, 3.8) is 0 Å². The van der Waals surface area contributed by atoms with Crippen molar-refractivity contribution < 1.29 is 50.7 Å². The number of aromatic nitrogens is 1. The van der Waals surface area contributed by atoms with Crippen LogP contribution < -0.4 is 18.8 Å². The monoisotopic (exact) mass is 707 g/mol. The number of carbonyl (C=O) groups is 2. The van der Waals surface area contributed by atoms with Gasteiger partial charge in [-0.05, 0) is 63.3 Å². The summed E-state index contributed by atoms with van der Waals surface area (Å²) in [6.45, 7) is 1.96. The number of ether oxygens (including phenoxy) is 4. The summed E-state index contributed by atoms with van der Waals surface area (Å²) in [6.07, 6.45) is 3.50. The Bertz CT molecular complexity index is 1640. The highest BCUT2D eigenvalue weighted by molar-refractivity contribution is 7.92. The molecule has 2 heterocycles. The Labute approximate surface area is 273 Å². The molecule has 0 unspecified atom stereocenters. The van der Waals surface area contributed by atoms with Crippen LogP contribution in [0, 0.1) is 5.92 Å². The molecular formula is C29H31Cl2F2N2O8S2+. The molecule has 1 saturated carbocycles. The highest BCUT2D eigenvalue weighted by Gasteiger charge is 2.33. The zero-order valence-corrected chi connectivity index (χ0v) is 27.8. The number of amides is 1. The third-order valence-corrected chi connectivity index (χ3v) is 8.87. The Kier molecular flexibility index (Phi) is 10.8. The minimum Gasteiger partial charge on any atom is -0.489 e. The van der Waals surface area contributed by atoms with Gasteiger partial charge in [0, 0.05) is 17.4 Å². The number of H-pyrrole nitrogens is 1. The number of anilines is 1. The second-order valence-electron chi connectivity index (χ2n) is 11.2. The van der Waals surface area contributed by atoms with Crippen LogP contribution in [-0.2, 0) is 25.9 Å². The van der Waals surface area contributed by atoms with Gasteiger partial charge in [-0.1, -0.05) is 29.3 Å². The zero-order chi connectivity index (χ0) is 33.1. The second-order valence-corrected chi connectivity index (χ2v) is 14.8. The van der Waals surface area contributed by atoms with E-state index in [1.807, 2.05) is 0 Å². The predicted octanol–water partition coefficient (Wildman–Crippen LogP) is 7.10. The summed E-state index contributed by atoms with van der Waals surface area (Å²) in [4.78, 5) is 29.0. The maximum absolute atomic E-state index is 13.5. The third-order valence-electron chi connectivity index (χ3n) is 6.27. The van der Waals surface area contributed by atoms with Gasteiger partial charge in [0.05, 0.1) is 18.6 Å². The first-order valence-electron chi connectivity index (χ1n) is 13.6. The molecule has 1 amide bonds. The fourth-order valence-electron chi connectivity index (χ4n) is 4.07. The molecule has 0 aliphatic heterocycles. The van der Waals surface area contributed by atoms with Gasteiger partial charge in [-0.3, -0.25) is 0 Å². The minimum atomic E-state index is -4.14. The van der Waals surface area contributed by atoms with E-state index in [9.17, 15) is 26.8 Å². The Morgan fingerprint density at radius 1 is 1.11 bits per heavy atom. The average molecular weight is 709 g/mol. The molecule has 0 bridgehead atoms. The molecule has 0 spiro atoms. The van der Waals surface area contributed by atoms with Gasteiger partial charge >= 0.3 is 18.7 Å². The second kappa shape index (κ2) is 14.1. The molecule has 1 N–H and O–H groups in total. The van der Waals surface area contributed by atoms with E-state index in [1.165, 1.54) is 42.0 Å². The molecular weight excluding hydrogens is 677 g/mol. The van der Waals surface area contributed by atoms with Crippen molar-refractivity contribution >= 4 is 62.3 Å². The SMILES string of the molecule is CC(C)(C)OC(=O)N(c1csc(C(=O)O[C@@H](Cc2c(Cl)c[nH+]cc2Cl)c2ccc(OC(F)F)c(OCC3CC3)c2)c1)S(C)(=O)=O. The van der Waals surface area contributed by atoms with Crippen LogP contribution in [0.4, 0.5) is 19.3 Å². The van der Waals surface area contributed by atoms with Crippen molar-refractivity contribution in [2.45, 2.75) is 58.4 Å². The third kappa shape index (κ3) is 9.65. The maximum Gasteiger partial charge on any atom is 0.428 e. The molecule has 0 saturated heterocycles. The molecule has 10 nitrogen and oxygen atoms in total. The fraction of sp³-hybridized carbons (Fsp3) is 0.414. The van der Waals surface area contributed by atoms with Crippen molar-refractivity contribution in [2.75, 3.05) is 17.2 Å². The van der Waals surface area contributed by atoms with Crippen molar-refractivity contribution in [3.8, 4) is 11.5 Å². The van der Waals surface area contributed by atoms with Gasteiger partial charge < -0.3 is 18.9 Å². The number of thiophene rings is 1. The van der Waals surface area contributed by atoms with E-state index in [1.54, 1.807) is 20.8 Å². The number of hydrogen-bond donors (Lipinski definition) is 0. The Morgan fingerprint density at radius 2 is 1.78 bits per heavy atom. The van der Waals surface area contributed by atoms with E-state index in [0.717, 1.165) is 30.4 Å². The molecule has 1 aliphatic rings. The number of halogens is 4. The van der Waals surface area contributed by atoms with Crippen molar-refractivity contribution in [3.05, 3.63) is 68.1 Å². The molecule has 1 fully saturated rings. The van der Waals surface area contributed by atoms with Crippen LogP contribution in [0.2, 0.25) is 10.0 Å². The van der Waals surface area contributed by atoms with Crippen LogP contribution in [0.3, 0.4) is 0 Å². The standard InChI is InChI=1S/C29H30Cl2F2N2O8S2/c1-29(2,3)43-28(37)35(45(4,38)39)18-10-25(44-15-18)26(36)41-23(11-19-20(30)12-34-13-21(19)31)17-7-8-22(42-27(32)33)24(9-17)40-14-16-5-6-16/h7-10,12-13,15-16,23,27H,5-6,11,14H2,1-4H3/p+1/t23-/m0/s1. The number of nitrogens with one attached hydrogen (secondary N) is 1. The smallest absolute Gasteiger partial charge is 0.428 e. The van der Waals surface area contributed by atoms with Gasteiger partial charge in [-0.15, -0.1) is 11.3 Å². The molecule has 4 rings (SSSR count). The van der Waals surface area contributed by atoms with Gasteiger partial charge in [0.25, 0.3) is 0 Å². The van der Waals surface area contributed by atoms with Gasteiger partial charge in [-0.2, -0.15) is 13.1 Å². The number of pyridine rings is 1. The predicted molar refractivity (Wildman–Crippen MR) is 164 cm³/mol. The Hall–Kier alpha value is -3.20. The molecule has 244 valence electrons. The topological polar surface area (TPSA) is 123 Å². The number of nitrogens with zero attached hydrogens (tertiary/aromatic N) is 1. The van der Waals surface area contributed by atoms with E-state index in [2.05, 4.69) is 9.72 Å². The Morgan fingerprint density at radius 3 is 2.36 bits per heavy atom. The van der Waals surface area contributed by atoms with Crippen molar-refractivity contribution in [1.29, 1.82) is 0 Å². The largest absolute Gasteiger partial charge is 0.489 e. The summed E-state index contributed by atoms with van der Waals surface area (Å²) in [5, 5.41) is 1.81. The van der Waals surface area contributed by atoms with E-state index >= 15 is 0 Å². The summed E-state index contributed by atoms with van der Waals surface area (Å²) in [5.74, 6) is -0.702. The molecule has 0 radical (unpaired) electrons. The number of aromatic amines is 1. The van der Waals surface area contributed by atoms with Crippen LogP contribution >= 0.6 is 34.5 Å². The number of rotatable bonds is 12. The first-order valence-corrected chi connectivity index (χ1v) is 17.1. The molecule has 1 aliphatic carbocycles. The lowest BCUT2D eigenvalue weighted by atomic mass is 10.0. The van der Waals surface area contributed by atoms with Gasteiger partial charge in [0.15, 0.2) is 23.9 Å². The maximum atomic E-state index is 13.5. The lowest BCUT2D eigenvalue weighted by molar-refractivity contribution is -0.377. The number of carbonyl (C=O) groups excluding carboxylic acids is 2. The summed E-state index contributed by atoms with van der Waals surface area (Å²) in [5.41, 5.74) is -0.309. The van der Waals surface area contributed by atoms with E-state index in [4.69, 9.17) is 37.4 Å². The number of esters is 1. The van der Waals surface area contributed by atoms with Gasteiger partial charge in [0.1, 0.15) is 26.6 Å². The molecule has 3 aromatic rings. The highest BCUT2D eigenvalue weighted by Crippen LogP contribution is 2.38. The summed E-state index contributed by atoms with van der Waals surface area (Å²) in [7, 11) is -4.14. The van der Waals surface area contributed by atoms with Crippen LogP contribution in [0.1, 0.15) is 60.5 Å². The number of hydrogen-bond acceptors (Lipinski definition) is 9. The van der Waals surface area contributed by atoms with Crippen LogP contribution in [0.25, 0.3) is 0 Å². The van der Waals surface area contributed by atoms with Crippen molar-refractivity contribution in [1.82, 2.24) is 0 Å². The van der Waals surface area contributed by atoms with Crippen LogP contribution in [0.15, 0.2) is 42.0 Å². The first-order chi connectivity index (χ1) is 21.0. The lowest BCUT2D eigenvalue weighted by Crippen LogP contribution is -2.40. The lowest BCUT2D eigenvalue weighted by Gasteiger charge is -2.25. The van der Waals surface area contributed by atoms with Gasteiger partial charge in [-0.25, -0.2) is 23.0 Å². The molecule has 45 heavy (non-hydrogen) atoms. The van der Waals surface area contributed by atoms with E-state index in [-0.39, 0.29) is 38.5 Å². The quantitative estimate of drug-likeness (QED) is 0.183. The number of alkyl halides is 2. The Balaban J connectivity index is 1.67. The molecule has 2 aromatic heterocycles. The first kappa shape index (κ1) is 34.7. The average Bonchev–Trinajstić information content (AvgIpc) is 3.62. The van der Waals surface area contributed by atoms with Crippen LogP contribution in [-0.4, -0.2) is 45.6 Å². The van der Waals surface area contributed by atoms with E-state index in [0.29, 0.717) is 28.0 Å². The molecule has 1 aromatic carbocycles. The fourth-order valence-corrected chi connectivity index (χ4v) is 6.22. The summed E-state index contributed by atoms with van der Waals surface area (Å²) in [6, 6.07) is 5.38. The molecule has 16 heteroatoms. The van der Waals surface area contributed by atoms with E-state index < -0.39 is 40.4 Å². The summed E-state index contributed by atoms with van der Waals surface area (Å²) < 4.78 is 73.3. The number of sulfonamides is 1. The van der Waals surface area contributed by atoms with Crippen LogP contribution in [0.5, 0.6) is 11.5 Å².